The van der Waals surface area contributed by atoms with E-state index in [-0.39, 0.29) is 17.9 Å². The van der Waals surface area contributed by atoms with Gasteiger partial charge in [0.05, 0.1) is 0 Å². The molecule has 2 amide bonds. The maximum absolute atomic E-state index is 13.1. The zero-order valence-corrected chi connectivity index (χ0v) is 22.7. The van der Waals surface area contributed by atoms with Crippen LogP contribution in [0, 0.1) is 5.92 Å². The number of allylic oxidation sites excluding steroid dienone is 1. The Labute approximate surface area is 210 Å². The Morgan fingerprint density at radius 1 is 1.06 bits per heavy atom. The number of amides is 2. The lowest BCUT2D eigenvalue weighted by molar-refractivity contribution is -0.131. The smallest absolute Gasteiger partial charge is 0.417 e. The minimum Gasteiger partial charge on any atom is -0.443 e. The van der Waals surface area contributed by atoms with E-state index >= 15 is 0 Å². The van der Waals surface area contributed by atoms with Crippen LogP contribution in [0.2, 0.25) is 5.04 Å². The number of ether oxygens (including phenoxy) is 1. The fraction of sp³-hybridized carbons (Fsp3) is 0.448. The minimum atomic E-state index is -3.17. The standard InChI is InChI=1S/C29H39NO4Si/c1-7-14-22-21-23(30(26(22)31)27(32)34-28(2,3)4)19-20-29(5,6)35(33,24-15-10-8-11-16-24)25-17-12-9-13-18-25/h7-13,15-18,22-23,33H,1,14,19-21H2,2-6H3/t22-,23?/m1/s1. The Morgan fingerprint density at radius 3 is 2.03 bits per heavy atom. The highest BCUT2D eigenvalue weighted by atomic mass is 28.4. The number of rotatable bonds is 8. The summed E-state index contributed by atoms with van der Waals surface area (Å²) >= 11 is 0. The van der Waals surface area contributed by atoms with Crippen molar-refractivity contribution in [1.82, 2.24) is 4.90 Å². The molecule has 0 aliphatic carbocycles. The van der Waals surface area contributed by atoms with Crippen molar-refractivity contribution in [3.8, 4) is 0 Å². The lowest BCUT2D eigenvalue weighted by Crippen LogP contribution is -2.65. The Kier molecular flexibility index (Phi) is 8.07. The molecule has 35 heavy (non-hydrogen) atoms. The maximum Gasteiger partial charge on any atom is 0.417 e. The second-order valence-electron chi connectivity index (χ2n) is 11.2. The first-order valence-electron chi connectivity index (χ1n) is 12.4. The van der Waals surface area contributed by atoms with Crippen LogP contribution >= 0.6 is 0 Å². The van der Waals surface area contributed by atoms with Crippen LogP contribution in [0.5, 0.6) is 0 Å². The van der Waals surface area contributed by atoms with Gasteiger partial charge < -0.3 is 9.53 Å². The quantitative estimate of drug-likeness (QED) is 0.414. The molecular weight excluding hydrogens is 454 g/mol. The van der Waals surface area contributed by atoms with Crippen molar-refractivity contribution < 1.29 is 19.1 Å². The van der Waals surface area contributed by atoms with Crippen molar-refractivity contribution in [3.05, 3.63) is 73.3 Å². The van der Waals surface area contributed by atoms with Crippen LogP contribution in [0.4, 0.5) is 4.79 Å². The molecule has 0 spiro atoms. The van der Waals surface area contributed by atoms with Gasteiger partial charge in [-0.2, -0.15) is 0 Å². The molecule has 5 nitrogen and oxygen atoms in total. The second kappa shape index (κ2) is 10.5. The summed E-state index contributed by atoms with van der Waals surface area (Å²) in [7, 11) is -3.17. The van der Waals surface area contributed by atoms with Crippen molar-refractivity contribution in [2.24, 2.45) is 5.92 Å². The fourth-order valence-corrected chi connectivity index (χ4v) is 8.87. The molecule has 0 bridgehead atoms. The first-order chi connectivity index (χ1) is 16.4. The third kappa shape index (κ3) is 5.76. The number of carbonyl (C=O) groups is 2. The highest BCUT2D eigenvalue weighted by Crippen LogP contribution is 2.42. The maximum atomic E-state index is 13.1. The number of hydrogen-bond acceptors (Lipinski definition) is 4. The molecule has 1 unspecified atom stereocenters. The molecule has 2 aromatic carbocycles. The Bertz CT molecular complexity index is 990. The number of imide groups is 1. The summed E-state index contributed by atoms with van der Waals surface area (Å²) in [6.45, 7) is 13.4. The van der Waals surface area contributed by atoms with Gasteiger partial charge in [-0.25, -0.2) is 9.69 Å². The van der Waals surface area contributed by atoms with E-state index in [2.05, 4.69) is 20.4 Å². The van der Waals surface area contributed by atoms with E-state index in [0.29, 0.717) is 25.7 Å². The summed E-state index contributed by atoms with van der Waals surface area (Å²) in [4.78, 5) is 39.9. The number of hydrogen-bond donors (Lipinski definition) is 1. The number of carbonyl (C=O) groups excluding carboxylic acids is 2. The van der Waals surface area contributed by atoms with Gasteiger partial charge >= 0.3 is 6.09 Å². The Hall–Kier alpha value is -2.70. The van der Waals surface area contributed by atoms with E-state index in [0.717, 1.165) is 10.4 Å². The largest absolute Gasteiger partial charge is 0.443 e. The van der Waals surface area contributed by atoms with Gasteiger partial charge in [0.2, 0.25) is 5.91 Å². The Morgan fingerprint density at radius 2 is 1.57 bits per heavy atom. The molecule has 3 rings (SSSR count). The number of nitrogens with zero attached hydrogens (tertiary/aromatic N) is 1. The van der Waals surface area contributed by atoms with E-state index < -0.39 is 25.0 Å². The van der Waals surface area contributed by atoms with Crippen molar-refractivity contribution in [2.75, 3.05) is 0 Å². The molecule has 1 saturated heterocycles. The summed E-state index contributed by atoms with van der Waals surface area (Å²) in [6.07, 6.45) is 3.51. The van der Waals surface area contributed by atoms with Crippen molar-refractivity contribution in [1.29, 1.82) is 0 Å². The summed E-state index contributed by atoms with van der Waals surface area (Å²) in [6, 6.07) is 19.5. The van der Waals surface area contributed by atoms with Gasteiger partial charge in [0.25, 0.3) is 8.32 Å². The second-order valence-corrected chi connectivity index (χ2v) is 15.1. The normalized spacial score (nSPS) is 19.0. The molecule has 1 N–H and O–H groups in total. The van der Waals surface area contributed by atoms with Gasteiger partial charge in [-0.05, 0) is 61.9 Å². The molecule has 2 atom stereocenters. The summed E-state index contributed by atoms with van der Waals surface area (Å²) in [5, 5.41) is 1.44. The third-order valence-electron chi connectivity index (χ3n) is 7.01. The van der Waals surface area contributed by atoms with E-state index in [9.17, 15) is 14.4 Å². The zero-order valence-electron chi connectivity index (χ0n) is 21.7. The van der Waals surface area contributed by atoms with Gasteiger partial charge in [-0.15, -0.1) is 6.58 Å². The monoisotopic (exact) mass is 493 g/mol. The first-order valence-corrected chi connectivity index (χ1v) is 14.4. The van der Waals surface area contributed by atoms with Gasteiger partial charge in [-0.1, -0.05) is 80.6 Å². The van der Waals surface area contributed by atoms with Crippen LogP contribution in [-0.4, -0.2) is 41.7 Å². The van der Waals surface area contributed by atoms with Crippen LogP contribution in [0.1, 0.15) is 60.3 Å². The topological polar surface area (TPSA) is 66.8 Å². The predicted molar refractivity (Wildman–Crippen MR) is 143 cm³/mol. The SMILES string of the molecule is C=CC[C@@H]1CC(CCC(C)(C)[Si](O)(c2ccccc2)c2ccccc2)N(C(=O)OC(C)(C)C)C1=O. The van der Waals surface area contributed by atoms with E-state index in [1.807, 2.05) is 60.7 Å². The molecule has 6 heteroatoms. The molecule has 188 valence electrons. The van der Waals surface area contributed by atoms with Gasteiger partial charge in [0.15, 0.2) is 0 Å². The van der Waals surface area contributed by atoms with Crippen LogP contribution in [0.15, 0.2) is 73.3 Å². The van der Waals surface area contributed by atoms with E-state index in [1.54, 1.807) is 26.8 Å². The van der Waals surface area contributed by atoms with E-state index in [4.69, 9.17) is 4.74 Å². The zero-order chi connectivity index (χ0) is 25.9. The van der Waals surface area contributed by atoms with Crippen molar-refractivity contribution in [3.63, 3.8) is 0 Å². The summed E-state index contributed by atoms with van der Waals surface area (Å²) in [5.41, 5.74) is -0.689. The number of likely N-dealkylation sites (tertiary alicyclic amines) is 1. The molecular formula is C29H39NO4Si. The lowest BCUT2D eigenvalue weighted by Gasteiger charge is -2.42. The molecule has 1 aliphatic rings. The molecule has 0 saturated carbocycles. The van der Waals surface area contributed by atoms with Crippen LogP contribution < -0.4 is 10.4 Å². The average Bonchev–Trinajstić information content (AvgIpc) is 3.12. The van der Waals surface area contributed by atoms with Crippen LogP contribution in [-0.2, 0) is 9.53 Å². The van der Waals surface area contributed by atoms with Gasteiger partial charge in [0, 0.05) is 12.0 Å². The molecule has 1 aliphatic heterocycles. The van der Waals surface area contributed by atoms with Gasteiger partial charge in [0.1, 0.15) is 5.60 Å². The first kappa shape index (κ1) is 26.9. The Balaban J connectivity index is 1.91. The summed E-state index contributed by atoms with van der Waals surface area (Å²) < 4.78 is 5.59. The minimum absolute atomic E-state index is 0.194. The van der Waals surface area contributed by atoms with Gasteiger partial charge in [-0.3, -0.25) is 4.79 Å². The van der Waals surface area contributed by atoms with Crippen molar-refractivity contribution in [2.45, 2.75) is 77.0 Å². The van der Waals surface area contributed by atoms with E-state index in [1.165, 1.54) is 4.90 Å². The molecule has 2 aromatic rings. The van der Waals surface area contributed by atoms with Crippen LogP contribution in [0.25, 0.3) is 0 Å². The predicted octanol–water partition coefficient (Wildman–Crippen LogP) is 5.03. The summed E-state index contributed by atoms with van der Waals surface area (Å²) in [5.74, 6) is -0.465. The highest BCUT2D eigenvalue weighted by Gasteiger charge is 2.51. The fourth-order valence-electron chi connectivity index (χ4n) is 5.12. The van der Waals surface area contributed by atoms with Crippen LogP contribution in [0.3, 0.4) is 0 Å². The molecule has 0 radical (unpaired) electrons. The molecule has 1 heterocycles. The lowest BCUT2D eigenvalue weighted by atomic mass is 9.96. The third-order valence-corrected chi connectivity index (χ3v) is 11.6. The van der Waals surface area contributed by atoms with Crippen molar-refractivity contribution >= 4 is 30.7 Å². The average molecular weight is 494 g/mol. The molecule has 1 fully saturated rings. The highest BCUT2D eigenvalue weighted by molar-refractivity contribution is 6.98. The number of benzene rings is 2. The molecule has 0 aromatic heterocycles.